The van der Waals surface area contributed by atoms with E-state index in [1.807, 2.05) is 30.3 Å². The molecule has 0 saturated heterocycles. The fraction of sp³-hybridized carbons (Fsp3) is 0.231. The van der Waals surface area contributed by atoms with Crippen LogP contribution < -0.4 is 10.2 Å². The molecule has 2 rings (SSSR count). The molecule has 8 heteroatoms. The van der Waals surface area contributed by atoms with Crippen molar-refractivity contribution in [3.05, 3.63) is 42.2 Å². The van der Waals surface area contributed by atoms with Crippen molar-refractivity contribution in [3.8, 4) is 0 Å². The molecule has 0 aliphatic carbocycles. The average molecular weight is 289 g/mol. The lowest BCUT2D eigenvalue weighted by Gasteiger charge is -2.17. The van der Waals surface area contributed by atoms with Crippen molar-refractivity contribution in [1.82, 2.24) is 20.3 Å². The van der Waals surface area contributed by atoms with Crippen LogP contribution in [0.25, 0.3) is 0 Å². The van der Waals surface area contributed by atoms with E-state index in [0.29, 0.717) is 13.1 Å². The molecule has 8 nitrogen and oxygen atoms in total. The maximum atomic E-state index is 11.9. The fourth-order valence-electron chi connectivity index (χ4n) is 1.67. The molecule has 0 atom stereocenters. The van der Waals surface area contributed by atoms with Gasteiger partial charge in [-0.1, -0.05) is 23.4 Å². The number of nitrogens with one attached hydrogen (secondary N) is 1. The van der Waals surface area contributed by atoms with Gasteiger partial charge in [0, 0.05) is 19.3 Å². The van der Waals surface area contributed by atoms with E-state index in [4.69, 9.17) is 5.11 Å². The number of hydrogen-bond acceptors (Lipinski definition) is 4. The standard InChI is InChI=1S/C13H15N5O3/c1-17(10-5-3-2-4-6-10)13(21)14-7-8-18-9-11(12(19)20)15-16-18/h2-6,9H,7-8H2,1H3,(H,14,21)(H,19,20). The molecular formula is C13H15N5O3. The summed E-state index contributed by atoms with van der Waals surface area (Å²) in [6.07, 6.45) is 1.31. The summed E-state index contributed by atoms with van der Waals surface area (Å²) in [6, 6.07) is 8.98. The van der Waals surface area contributed by atoms with Gasteiger partial charge >= 0.3 is 12.0 Å². The first-order valence-electron chi connectivity index (χ1n) is 6.28. The summed E-state index contributed by atoms with van der Waals surface area (Å²) in [5, 5.41) is 18.6. The quantitative estimate of drug-likeness (QED) is 0.848. The number of nitrogens with zero attached hydrogens (tertiary/aromatic N) is 4. The van der Waals surface area contributed by atoms with E-state index in [9.17, 15) is 9.59 Å². The Kier molecular flexibility index (Phi) is 4.50. The Morgan fingerprint density at radius 3 is 2.67 bits per heavy atom. The number of carboxylic acids is 1. The van der Waals surface area contributed by atoms with E-state index in [-0.39, 0.29) is 11.7 Å². The van der Waals surface area contributed by atoms with Crippen LogP contribution in [0.15, 0.2) is 36.5 Å². The summed E-state index contributed by atoms with van der Waals surface area (Å²) in [4.78, 5) is 24.1. The number of aromatic carboxylic acids is 1. The first-order valence-corrected chi connectivity index (χ1v) is 6.28. The van der Waals surface area contributed by atoms with Crippen molar-refractivity contribution < 1.29 is 14.7 Å². The molecule has 0 saturated carbocycles. The van der Waals surface area contributed by atoms with Crippen LogP contribution in [-0.2, 0) is 6.54 Å². The summed E-state index contributed by atoms with van der Waals surface area (Å²) in [5.41, 5.74) is 0.659. The minimum Gasteiger partial charge on any atom is -0.476 e. The number of benzene rings is 1. The number of anilines is 1. The molecule has 2 N–H and O–H groups in total. The Hall–Kier alpha value is -2.90. The number of para-hydroxylation sites is 1. The molecule has 1 heterocycles. The van der Waals surface area contributed by atoms with Crippen LogP contribution in [-0.4, -0.2) is 45.7 Å². The molecule has 2 aromatic rings. The van der Waals surface area contributed by atoms with Gasteiger partial charge in [0.25, 0.3) is 0 Å². The number of hydrogen-bond donors (Lipinski definition) is 2. The van der Waals surface area contributed by atoms with Gasteiger partial charge in [0.1, 0.15) is 0 Å². The zero-order chi connectivity index (χ0) is 15.2. The zero-order valence-electron chi connectivity index (χ0n) is 11.4. The van der Waals surface area contributed by atoms with Crippen molar-refractivity contribution in [2.75, 3.05) is 18.5 Å². The molecule has 0 aliphatic rings. The maximum Gasteiger partial charge on any atom is 0.358 e. The van der Waals surface area contributed by atoms with Gasteiger partial charge in [-0.05, 0) is 12.1 Å². The second-order valence-electron chi connectivity index (χ2n) is 4.30. The van der Waals surface area contributed by atoms with Crippen molar-refractivity contribution in [1.29, 1.82) is 0 Å². The number of carbonyl (C=O) groups excluding carboxylic acids is 1. The third-order valence-electron chi connectivity index (χ3n) is 2.82. The van der Waals surface area contributed by atoms with Crippen LogP contribution in [0.1, 0.15) is 10.5 Å². The van der Waals surface area contributed by atoms with Gasteiger partial charge in [-0.2, -0.15) is 0 Å². The largest absolute Gasteiger partial charge is 0.476 e. The topological polar surface area (TPSA) is 100 Å². The van der Waals surface area contributed by atoms with Gasteiger partial charge < -0.3 is 10.4 Å². The van der Waals surface area contributed by atoms with Crippen LogP contribution >= 0.6 is 0 Å². The minimum absolute atomic E-state index is 0.122. The molecule has 21 heavy (non-hydrogen) atoms. The molecule has 1 aromatic heterocycles. The Labute approximate surface area is 121 Å². The van der Waals surface area contributed by atoms with E-state index < -0.39 is 5.97 Å². The van der Waals surface area contributed by atoms with Gasteiger partial charge in [-0.15, -0.1) is 5.10 Å². The molecule has 2 amide bonds. The summed E-state index contributed by atoms with van der Waals surface area (Å²) in [6.45, 7) is 0.660. The van der Waals surface area contributed by atoms with Gasteiger partial charge in [0.05, 0.1) is 12.7 Å². The molecule has 0 fully saturated rings. The van der Waals surface area contributed by atoms with Crippen molar-refractivity contribution in [2.45, 2.75) is 6.54 Å². The Morgan fingerprint density at radius 2 is 2.05 bits per heavy atom. The maximum absolute atomic E-state index is 11.9. The third kappa shape index (κ3) is 3.78. The zero-order valence-corrected chi connectivity index (χ0v) is 11.4. The Bertz CT molecular complexity index is 626. The van der Waals surface area contributed by atoms with Crippen LogP contribution in [0, 0.1) is 0 Å². The summed E-state index contributed by atoms with van der Waals surface area (Å²) >= 11 is 0. The van der Waals surface area contributed by atoms with Crippen LogP contribution in [0.5, 0.6) is 0 Å². The first kappa shape index (κ1) is 14.5. The number of carboxylic acid groups (broad SMARTS) is 1. The molecule has 0 radical (unpaired) electrons. The minimum atomic E-state index is -1.13. The predicted octanol–water partition coefficient (Wildman–Crippen LogP) is 0.822. The highest BCUT2D eigenvalue weighted by Crippen LogP contribution is 2.10. The normalized spacial score (nSPS) is 10.1. The van der Waals surface area contributed by atoms with Crippen LogP contribution in [0.2, 0.25) is 0 Å². The van der Waals surface area contributed by atoms with Crippen LogP contribution in [0.3, 0.4) is 0 Å². The Balaban J connectivity index is 1.82. The molecule has 0 spiro atoms. The molecule has 0 aliphatic heterocycles. The average Bonchev–Trinajstić information content (AvgIpc) is 2.96. The monoisotopic (exact) mass is 289 g/mol. The smallest absolute Gasteiger partial charge is 0.358 e. The lowest BCUT2D eigenvalue weighted by atomic mass is 10.3. The number of carbonyl (C=O) groups is 2. The van der Waals surface area contributed by atoms with Gasteiger partial charge in [-0.25, -0.2) is 14.3 Å². The second-order valence-corrected chi connectivity index (χ2v) is 4.30. The highest BCUT2D eigenvalue weighted by atomic mass is 16.4. The summed E-state index contributed by atoms with van der Waals surface area (Å²) < 4.78 is 1.37. The lowest BCUT2D eigenvalue weighted by Crippen LogP contribution is -2.38. The SMILES string of the molecule is CN(C(=O)NCCn1cc(C(=O)O)nn1)c1ccccc1. The molecule has 0 unspecified atom stereocenters. The predicted molar refractivity (Wildman–Crippen MR) is 75.2 cm³/mol. The van der Waals surface area contributed by atoms with Crippen molar-refractivity contribution in [2.24, 2.45) is 0 Å². The number of urea groups is 1. The van der Waals surface area contributed by atoms with E-state index >= 15 is 0 Å². The number of rotatable bonds is 5. The molecule has 110 valence electrons. The van der Waals surface area contributed by atoms with Crippen LogP contribution in [0.4, 0.5) is 10.5 Å². The first-order chi connectivity index (χ1) is 10.1. The number of aromatic nitrogens is 3. The van der Waals surface area contributed by atoms with Crippen molar-refractivity contribution in [3.63, 3.8) is 0 Å². The van der Waals surface area contributed by atoms with Gasteiger partial charge in [-0.3, -0.25) is 4.90 Å². The molecule has 0 bridgehead atoms. The third-order valence-corrected chi connectivity index (χ3v) is 2.82. The molecular weight excluding hydrogens is 274 g/mol. The second kappa shape index (κ2) is 6.51. The van der Waals surface area contributed by atoms with E-state index in [1.165, 1.54) is 15.8 Å². The highest BCUT2D eigenvalue weighted by molar-refractivity contribution is 5.91. The summed E-state index contributed by atoms with van der Waals surface area (Å²) in [5.74, 6) is -1.13. The Morgan fingerprint density at radius 1 is 1.33 bits per heavy atom. The van der Waals surface area contributed by atoms with E-state index in [2.05, 4.69) is 15.6 Å². The van der Waals surface area contributed by atoms with E-state index in [1.54, 1.807) is 7.05 Å². The number of amides is 2. The van der Waals surface area contributed by atoms with Crippen molar-refractivity contribution >= 4 is 17.7 Å². The lowest BCUT2D eigenvalue weighted by molar-refractivity contribution is 0.0690. The molecule has 1 aromatic carbocycles. The highest BCUT2D eigenvalue weighted by Gasteiger charge is 2.10. The van der Waals surface area contributed by atoms with Gasteiger partial charge in [0.2, 0.25) is 0 Å². The van der Waals surface area contributed by atoms with E-state index in [0.717, 1.165) is 5.69 Å². The van der Waals surface area contributed by atoms with Gasteiger partial charge in [0.15, 0.2) is 5.69 Å². The fourth-order valence-corrected chi connectivity index (χ4v) is 1.67. The summed E-state index contributed by atoms with van der Waals surface area (Å²) in [7, 11) is 1.67.